The van der Waals surface area contributed by atoms with Crippen LogP contribution in [-0.2, 0) is 16.0 Å². The fourth-order valence-electron chi connectivity index (χ4n) is 3.10. The van der Waals surface area contributed by atoms with Crippen molar-refractivity contribution in [3.05, 3.63) is 59.7 Å². The zero-order chi connectivity index (χ0) is 18.0. The van der Waals surface area contributed by atoms with Gasteiger partial charge in [-0.3, -0.25) is 9.59 Å². The molecule has 1 aliphatic heterocycles. The molecule has 130 valence electrons. The maximum absolute atomic E-state index is 12.6. The van der Waals surface area contributed by atoms with E-state index in [9.17, 15) is 14.7 Å². The van der Waals surface area contributed by atoms with E-state index in [1.165, 1.54) is 0 Å². The number of anilines is 1. The summed E-state index contributed by atoms with van der Waals surface area (Å²) in [4.78, 5) is 28.5. The summed E-state index contributed by atoms with van der Waals surface area (Å²) in [5, 5.41) is 9.52. The van der Waals surface area contributed by atoms with E-state index in [2.05, 4.69) is 0 Å². The number of piperazine rings is 1. The first-order chi connectivity index (χ1) is 11.9. The van der Waals surface area contributed by atoms with Crippen LogP contribution in [0.1, 0.15) is 18.1 Å². The van der Waals surface area contributed by atoms with Crippen LogP contribution in [0.3, 0.4) is 0 Å². The summed E-state index contributed by atoms with van der Waals surface area (Å²) in [6, 6.07) is 14.4. The fraction of sp³-hybridized carbons (Fsp3) is 0.300. The average Bonchev–Trinajstić information content (AvgIpc) is 2.57. The van der Waals surface area contributed by atoms with Gasteiger partial charge in [0.2, 0.25) is 11.8 Å². The number of nitrogens with zero attached hydrogens (tertiary/aromatic N) is 2. The third-order valence-electron chi connectivity index (χ3n) is 4.52. The molecule has 25 heavy (non-hydrogen) atoms. The lowest BCUT2D eigenvalue weighted by molar-refractivity contribution is -0.138. The summed E-state index contributed by atoms with van der Waals surface area (Å²) in [7, 11) is 0. The van der Waals surface area contributed by atoms with E-state index in [0.29, 0.717) is 6.54 Å². The van der Waals surface area contributed by atoms with Crippen molar-refractivity contribution in [1.29, 1.82) is 0 Å². The van der Waals surface area contributed by atoms with Crippen LogP contribution in [0.4, 0.5) is 5.69 Å². The summed E-state index contributed by atoms with van der Waals surface area (Å²) in [5.74, 6) is -0.0418. The Morgan fingerprint density at radius 2 is 1.92 bits per heavy atom. The van der Waals surface area contributed by atoms with E-state index in [4.69, 9.17) is 0 Å². The minimum atomic E-state index is -0.102. The molecule has 2 amide bonds. The molecule has 0 bridgehead atoms. The van der Waals surface area contributed by atoms with Gasteiger partial charge in [0.1, 0.15) is 12.3 Å². The molecule has 0 aromatic heterocycles. The summed E-state index contributed by atoms with van der Waals surface area (Å²) >= 11 is 0. The number of hydrogen-bond donors (Lipinski definition) is 1. The van der Waals surface area contributed by atoms with Crippen molar-refractivity contribution in [2.75, 3.05) is 18.0 Å². The zero-order valence-electron chi connectivity index (χ0n) is 14.5. The smallest absolute Gasteiger partial charge is 0.246 e. The molecular weight excluding hydrogens is 316 g/mol. The summed E-state index contributed by atoms with van der Waals surface area (Å²) in [6.45, 7) is 4.51. The molecule has 0 spiro atoms. The topological polar surface area (TPSA) is 60.9 Å². The van der Waals surface area contributed by atoms with Crippen molar-refractivity contribution in [3.63, 3.8) is 0 Å². The van der Waals surface area contributed by atoms with Crippen molar-refractivity contribution < 1.29 is 14.7 Å². The molecule has 2 aromatic rings. The predicted molar refractivity (Wildman–Crippen MR) is 96.5 cm³/mol. The van der Waals surface area contributed by atoms with Gasteiger partial charge in [0, 0.05) is 18.3 Å². The molecule has 1 N–H and O–H groups in total. The van der Waals surface area contributed by atoms with Gasteiger partial charge in [-0.05, 0) is 43.7 Å². The molecule has 2 aromatic carbocycles. The van der Waals surface area contributed by atoms with Gasteiger partial charge in [-0.25, -0.2) is 0 Å². The molecule has 0 unspecified atom stereocenters. The highest BCUT2D eigenvalue weighted by atomic mass is 16.3. The average molecular weight is 338 g/mol. The normalized spacial score (nSPS) is 17.7. The van der Waals surface area contributed by atoms with Crippen LogP contribution in [0.15, 0.2) is 48.5 Å². The van der Waals surface area contributed by atoms with Gasteiger partial charge in [0.05, 0.1) is 6.42 Å². The molecule has 5 nitrogen and oxygen atoms in total. The van der Waals surface area contributed by atoms with Crippen LogP contribution >= 0.6 is 0 Å². The minimum absolute atomic E-state index is 0.0659. The Bertz CT molecular complexity index is 786. The second-order valence-electron chi connectivity index (χ2n) is 6.56. The maximum Gasteiger partial charge on any atom is 0.246 e. The number of hydrogen-bond acceptors (Lipinski definition) is 3. The first-order valence-corrected chi connectivity index (χ1v) is 8.38. The van der Waals surface area contributed by atoms with Gasteiger partial charge in [0.15, 0.2) is 0 Å². The molecule has 1 aliphatic rings. The van der Waals surface area contributed by atoms with E-state index in [1.807, 2.05) is 38.1 Å². The zero-order valence-corrected chi connectivity index (χ0v) is 14.5. The Morgan fingerprint density at radius 1 is 1.20 bits per heavy atom. The number of benzene rings is 2. The Labute approximate surface area is 147 Å². The minimum Gasteiger partial charge on any atom is -0.508 e. The van der Waals surface area contributed by atoms with Crippen molar-refractivity contribution >= 4 is 17.5 Å². The molecular formula is C20H22N2O3. The first-order valence-electron chi connectivity index (χ1n) is 8.38. The summed E-state index contributed by atoms with van der Waals surface area (Å²) in [5.41, 5.74) is 2.75. The van der Waals surface area contributed by atoms with E-state index in [-0.39, 0.29) is 36.6 Å². The van der Waals surface area contributed by atoms with Crippen molar-refractivity contribution in [2.24, 2.45) is 0 Å². The lowest BCUT2D eigenvalue weighted by Crippen LogP contribution is -2.57. The predicted octanol–water partition coefficient (Wildman–Crippen LogP) is 2.51. The molecule has 1 heterocycles. The SMILES string of the molecule is Cc1ccc(N2C[C@H](C)N(C(=O)Cc3cccc(O)c3)CC2=O)cc1. The summed E-state index contributed by atoms with van der Waals surface area (Å²) in [6.07, 6.45) is 0.177. The van der Waals surface area contributed by atoms with Gasteiger partial charge in [0.25, 0.3) is 0 Å². The third-order valence-corrected chi connectivity index (χ3v) is 4.52. The maximum atomic E-state index is 12.6. The number of phenols is 1. The van der Waals surface area contributed by atoms with Gasteiger partial charge in [-0.1, -0.05) is 29.8 Å². The highest BCUT2D eigenvalue weighted by Crippen LogP contribution is 2.21. The third kappa shape index (κ3) is 3.82. The molecule has 0 aliphatic carbocycles. The lowest BCUT2D eigenvalue weighted by atomic mass is 10.1. The van der Waals surface area contributed by atoms with E-state index in [0.717, 1.165) is 16.8 Å². The number of rotatable bonds is 3. The second-order valence-corrected chi connectivity index (χ2v) is 6.56. The number of carbonyl (C=O) groups is 2. The van der Waals surface area contributed by atoms with Gasteiger partial charge < -0.3 is 14.9 Å². The molecule has 0 radical (unpaired) electrons. The van der Waals surface area contributed by atoms with Crippen LogP contribution in [-0.4, -0.2) is 41.0 Å². The molecule has 1 atom stereocenters. The van der Waals surface area contributed by atoms with Crippen molar-refractivity contribution in [2.45, 2.75) is 26.3 Å². The highest BCUT2D eigenvalue weighted by molar-refractivity contribution is 5.98. The van der Waals surface area contributed by atoms with Crippen LogP contribution < -0.4 is 4.90 Å². The lowest BCUT2D eigenvalue weighted by Gasteiger charge is -2.39. The van der Waals surface area contributed by atoms with Crippen LogP contribution in [0.25, 0.3) is 0 Å². The molecule has 0 saturated carbocycles. The Kier molecular flexibility index (Phi) is 4.74. The highest BCUT2D eigenvalue weighted by Gasteiger charge is 2.33. The number of phenolic OH excluding ortho intramolecular Hbond substituents is 1. The standard InChI is InChI=1S/C20H22N2O3/c1-14-6-8-17(9-7-14)22-12-15(2)21(13-20(22)25)19(24)11-16-4-3-5-18(23)10-16/h3-10,15,23H,11-13H2,1-2H3/t15-/m0/s1. The van der Waals surface area contributed by atoms with Crippen LogP contribution in [0.2, 0.25) is 0 Å². The number of carbonyl (C=O) groups excluding carboxylic acids is 2. The molecule has 3 rings (SSSR count). The monoisotopic (exact) mass is 338 g/mol. The Balaban J connectivity index is 1.70. The number of aromatic hydroxyl groups is 1. The quantitative estimate of drug-likeness (QED) is 0.935. The van der Waals surface area contributed by atoms with E-state index in [1.54, 1.807) is 34.1 Å². The fourth-order valence-corrected chi connectivity index (χ4v) is 3.10. The number of aryl methyl sites for hydroxylation is 1. The van der Waals surface area contributed by atoms with Crippen molar-refractivity contribution in [1.82, 2.24) is 4.90 Å². The molecule has 5 heteroatoms. The molecule has 1 saturated heterocycles. The number of amides is 2. The van der Waals surface area contributed by atoms with Crippen LogP contribution in [0, 0.1) is 6.92 Å². The largest absolute Gasteiger partial charge is 0.508 e. The van der Waals surface area contributed by atoms with E-state index >= 15 is 0 Å². The van der Waals surface area contributed by atoms with Crippen LogP contribution in [0.5, 0.6) is 5.75 Å². The molecule has 1 fully saturated rings. The van der Waals surface area contributed by atoms with Gasteiger partial charge in [-0.15, -0.1) is 0 Å². The Morgan fingerprint density at radius 3 is 2.60 bits per heavy atom. The van der Waals surface area contributed by atoms with Gasteiger partial charge in [-0.2, -0.15) is 0 Å². The second kappa shape index (κ2) is 6.97. The Hall–Kier alpha value is -2.82. The summed E-state index contributed by atoms with van der Waals surface area (Å²) < 4.78 is 0. The van der Waals surface area contributed by atoms with E-state index < -0.39 is 0 Å². The van der Waals surface area contributed by atoms with Crippen molar-refractivity contribution in [3.8, 4) is 5.75 Å². The van der Waals surface area contributed by atoms with Gasteiger partial charge >= 0.3 is 0 Å². The first kappa shape index (κ1) is 17.0.